The van der Waals surface area contributed by atoms with Crippen LogP contribution in [0.5, 0.6) is 11.5 Å². The van der Waals surface area contributed by atoms with E-state index in [1.807, 2.05) is 56.3 Å². The average molecular weight is 625 g/mol. The lowest BCUT2D eigenvalue weighted by Crippen LogP contribution is -2.29. The highest BCUT2D eigenvalue weighted by molar-refractivity contribution is 7.17. The van der Waals surface area contributed by atoms with Crippen LogP contribution in [0.1, 0.15) is 49.2 Å². The van der Waals surface area contributed by atoms with Gasteiger partial charge in [-0.2, -0.15) is 0 Å². The van der Waals surface area contributed by atoms with Gasteiger partial charge in [-0.15, -0.1) is 0 Å². The monoisotopic (exact) mass is 624 g/mol. The Morgan fingerprint density at radius 3 is 2.51 bits per heavy atom. The maximum atomic E-state index is 13.7. The Bertz CT molecular complexity index is 1830. The van der Waals surface area contributed by atoms with Crippen LogP contribution in [-0.2, 0) is 20.9 Å². The van der Waals surface area contributed by atoms with E-state index in [1.54, 1.807) is 31.2 Å². The van der Waals surface area contributed by atoms with E-state index < -0.39 is 23.7 Å². The molecule has 2 heterocycles. The first-order valence-corrected chi connectivity index (χ1v) is 14.9. The number of amides is 1. The van der Waals surface area contributed by atoms with Gasteiger partial charge in [-0.05, 0) is 55.7 Å². The number of nitrogens with zero attached hydrogens (tertiary/aromatic N) is 2. The van der Waals surface area contributed by atoms with Gasteiger partial charge in [0.2, 0.25) is 0 Å². The molecule has 1 saturated heterocycles. The Hall–Kier alpha value is -5.22. The zero-order valence-electron chi connectivity index (χ0n) is 25.3. The van der Waals surface area contributed by atoms with Gasteiger partial charge in [-0.25, -0.2) is 9.78 Å². The molecule has 1 unspecified atom stereocenters. The molecule has 3 aromatic carbocycles. The lowest BCUT2D eigenvalue weighted by Gasteiger charge is -2.24. The van der Waals surface area contributed by atoms with Gasteiger partial charge < -0.3 is 19.3 Å². The third kappa shape index (κ3) is 6.23. The number of rotatable bonds is 10. The van der Waals surface area contributed by atoms with E-state index in [-0.39, 0.29) is 27.9 Å². The van der Waals surface area contributed by atoms with Crippen LogP contribution >= 0.6 is 11.3 Å². The number of ether oxygens (including phenoxy) is 3. The van der Waals surface area contributed by atoms with Crippen LogP contribution in [0.4, 0.5) is 5.13 Å². The summed E-state index contributed by atoms with van der Waals surface area (Å²) in [5.74, 6) is -1.90. The standard InChI is InChI=1S/C35H32N2O7S/c1-6-16-43-34(41)32-22(4)36-35(45-32)37-29(28(31(39)33(37)40)30(38)25-17-20(2)12-13-21(25)3)24-14-15-26(27(18-24)42-5)44-19-23-10-8-7-9-11-23/h6-15,17-18,29,38H,1,16,19H2,2-5H3. The van der Waals surface area contributed by atoms with Gasteiger partial charge >= 0.3 is 11.9 Å². The molecule has 1 atom stereocenters. The molecule has 0 radical (unpaired) electrons. The molecule has 1 fully saturated rings. The molecule has 5 rings (SSSR count). The van der Waals surface area contributed by atoms with Gasteiger partial charge in [-0.1, -0.05) is 78.1 Å². The SMILES string of the molecule is C=CCOC(=O)c1sc(N2C(=O)C(=O)C(=C(O)c3cc(C)ccc3C)C2c2ccc(OCc3ccccc3)c(OC)c2)nc1C. The Morgan fingerprint density at radius 1 is 1.04 bits per heavy atom. The highest BCUT2D eigenvalue weighted by Gasteiger charge is 2.49. The predicted molar refractivity (Wildman–Crippen MR) is 172 cm³/mol. The molecule has 1 aliphatic heterocycles. The topological polar surface area (TPSA) is 115 Å². The first kappa shape index (κ1) is 31.2. The number of aliphatic hydroxyl groups is 1. The second-order valence-corrected chi connectivity index (χ2v) is 11.4. The van der Waals surface area contributed by atoms with Crippen molar-refractivity contribution in [2.75, 3.05) is 18.6 Å². The molecule has 230 valence electrons. The number of methoxy groups -OCH3 is 1. The molecule has 0 aliphatic carbocycles. The summed E-state index contributed by atoms with van der Waals surface area (Å²) in [5.41, 5.74) is 3.67. The van der Waals surface area contributed by atoms with Crippen molar-refractivity contribution in [1.29, 1.82) is 0 Å². The average Bonchev–Trinajstić information content (AvgIpc) is 3.55. The van der Waals surface area contributed by atoms with Crippen molar-refractivity contribution >= 4 is 39.9 Å². The van der Waals surface area contributed by atoms with Gasteiger partial charge in [-0.3, -0.25) is 14.5 Å². The fraction of sp³-hybridized carbons (Fsp3) is 0.200. The Morgan fingerprint density at radius 2 is 1.80 bits per heavy atom. The lowest BCUT2D eigenvalue weighted by molar-refractivity contribution is -0.132. The van der Waals surface area contributed by atoms with E-state index in [1.165, 1.54) is 18.1 Å². The summed E-state index contributed by atoms with van der Waals surface area (Å²) < 4.78 is 16.9. The van der Waals surface area contributed by atoms with Crippen LogP contribution in [0.15, 0.2) is 85.0 Å². The molecule has 4 aromatic rings. The minimum absolute atomic E-state index is 0.00432. The molecule has 1 N–H and O–H groups in total. The molecular weight excluding hydrogens is 592 g/mol. The molecule has 1 aromatic heterocycles. The van der Waals surface area contributed by atoms with Crippen molar-refractivity contribution in [3.05, 3.63) is 123 Å². The van der Waals surface area contributed by atoms with Crippen LogP contribution in [0.25, 0.3) is 5.76 Å². The highest BCUT2D eigenvalue weighted by Crippen LogP contribution is 2.46. The third-order valence-corrected chi connectivity index (χ3v) is 8.48. The van der Waals surface area contributed by atoms with Crippen molar-refractivity contribution < 1.29 is 33.7 Å². The van der Waals surface area contributed by atoms with Gasteiger partial charge in [0.25, 0.3) is 5.78 Å². The molecule has 10 heteroatoms. The number of ketones is 1. The van der Waals surface area contributed by atoms with Crippen molar-refractivity contribution in [3.8, 4) is 11.5 Å². The second kappa shape index (κ2) is 13.2. The number of hydrogen-bond acceptors (Lipinski definition) is 9. The van der Waals surface area contributed by atoms with Crippen LogP contribution in [-0.4, -0.2) is 41.5 Å². The van der Waals surface area contributed by atoms with E-state index in [4.69, 9.17) is 14.2 Å². The fourth-order valence-electron chi connectivity index (χ4n) is 5.06. The van der Waals surface area contributed by atoms with Crippen LogP contribution < -0.4 is 14.4 Å². The molecule has 1 amide bonds. The third-order valence-electron chi connectivity index (χ3n) is 7.34. The normalized spacial score (nSPS) is 15.6. The number of carbonyl (C=O) groups is 3. The number of hydrogen-bond donors (Lipinski definition) is 1. The second-order valence-electron chi connectivity index (χ2n) is 10.5. The summed E-state index contributed by atoms with van der Waals surface area (Å²) in [7, 11) is 1.49. The number of benzene rings is 3. The summed E-state index contributed by atoms with van der Waals surface area (Å²) in [4.78, 5) is 46.1. The van der Waals surface area contributed by atoms with Crippen LogP contribution in [0.3, 0.4) is 0 Å². The molecule has 0 spiro atoms. The zero-order valence-corrected chi connectivity index (χ0v) is 26.1. The lowest BCUT2D eigenvalue weighted by atomic mass is 9.93. The molecule has 9 nitrogen and oxygen atoms in total. The first-order valence-electron chi connectivity index (χ1n) is 14.1. The van der Waals surface area contributed by atoms with Gasteiger partial charge in [0, 0.05) is 5.56 Å². The number of aromatic nitrogens is 1. The largest absolute Gasteiger partial charge is 0.507 e. The van der Waals surface area contributed by atoms with E-state index in [0.717, 1.165) is 28.0 Å². The van der Waals surface area contributed by atoms with E-state index in [9.17, 15) is 19.5 Å². The van der Waals surface area contributed by atoms with E-state index in [0.29, 0.717) is 34.9 Å². The number of Topliss-reactive ketones (excluding diaryl/α,β-unsaturated/α-hetero) is 1. The Balaban J connectivity index is 1.64. The number of thiazole rings is 1. The summed E-state index contributed by atoms with van der Waals surface area (Å²) in [6.45, 7) is 9.16. The minimum Gasteiger partial charge on any atom is -0.507 e. The van der Waals surface area contributed by atoms with Gasteiger partial charge in [0.1, 0.15) is 23.9 Å². The van der Waals surface area contributed by atoms with Crippen molar-refractivity contribution in [1.82, 2.24) is 4.98 Å². The number of carbonyl (C=O) groups excluding carboxylic acids is 3. The summed E-state index contributed by atoms with van der Waals surface area (Å²) in [6.07, 6.45) is 1.45. The predicted octanol–water partition coefficient (Wildman–Crippen LogP) is 6.63. The number of anilines is 1. The number of aliphatic hydroxyl groups excluding tert-OH is 1. The first-order chi connectivity index (χ1) is 21.6. The molecule has 0 bridgehead atoms. The van der Waals surface area contributed by atoms with Crippen molar-refractivity contribution in [2.24, 2.45) is 0 Å². The number of aryl methyl sites for hydroxylation is 3. The number of esters is 1. The molecule has 45 heavy (non-hydrogen) atoms. The zero-order chi connectivity index (χ0) is 32.2. The van der Waals surface area contributed by atoms with Crippen LogP contribution in [0.2, 0.25) is 0 Å². The quantitative estimate of drug-likeness (QED) is 0.0688. The van der Waals surface area contributed by atoms with Gasteiger partial charge in [0.05, 0.1) is 24.4 Å². The smallest absolute Gasteiger partial charge is 0.350 e. The molecular formula is C35H32N2O7S. The maximum Gasteiger partial charge on any atom is 0.350 e. The summed E-state index contributed by atoms with van der Waals surface area (Å²) in [5, 5.41) is 11.8. The Labute approximate surface area is 265 Å². The molecule has 0 saturated carbocycles. The summed E-state index contributed by atoms with van der Waals surface area (Å²) in [6, 6.07) is 19.1. The Kier molecular flexibility index (Phi) is 9.15. The highest BCUT2D eigenvalue weighted by atomic mass is 32.1. The molecule has 1 aliphatic rings. The fourth-order valence-corrected chi connectivity index (χ4v) is 6.05. The summed E-state index contributed by atoms with van der Waals surface area (Å²) >= 11 is 0.926. The minimum atomic E-state index is -1.09. The van der Waals surface area contributed by atoms with E-state index in [2.05, 4.69) is 11.6 Å². The van der Waals surface area contributed by atoms with Crippen molar-refractivity contribution in [2.45, 2.75) is 33.4 Å². The van der Waals surface area contributed by atoms with Crippen LogP contribution in [0, 0.1) is 20.8 Å². The maximum absolute atomic E-state index is 13.7. The van der Waals surface area contributed by atoms with E-state index >= 15 is 0 Å². The van der Waals surface area contributed by atoms with Gasteiger partial charge in [0.15, 0.2) is 16.6 Å². The van der Waals surface area contributed by atoms with Crippen molar-refractivity contribution in [3.63, 3.8) is 0 Å².